The molecule has 0 spiro atoms. The zero-order valence-corrected chi connectivity index (χ0v) is 12.6. The largest absolute Gasteiger partial charge is 0.383 e. The topological polar surface area (TPSA) is 75.6 Å². The van der Waals surface area contributed by atoms with E-state index in [-0.39, 0.29) is 5.56 Å². The fourth-order valence-corrected chi connectivity index (χ4v) is 2.20. The molecule has 2 heterocycles. The zero-order chi connectivity index (χ0) is 14.4. The normalized spacial score (nSPS) is 10.4. The zero-order valence-electron chi connectivity index (χ0n) is 11.0. The third-order valence-electron chi connectivity index (χ3n) is 2.75. The van der Waals surface area contributed by atoms with Crippen molar-refractivity contribution in [2.45, 2.75) is 19.4 Å². The molecule has 2 N–H and O–H groups in total. The number of halogens is 1. The Hall–Kier alpha value is -1.89. The summed E-state index contributed by atoms with van der Waals surface area (Å²) < 4.78 is 1.85. The van der Waals surface area contributed by atoms with Crippen molar-refractivity contribution in [2.24, 2.45) is 0 Å². The van der Waals surface area contributed by atoms with Crippen LogP contribution in [0.2, 0.25) is 0 Å². The van der Waals surface area contributed by atoms with Crippen molar-refractivity contribution in [2.75, 3.05) is 11.9 Å². The minimum Gasteiger partial charge on any atom is -0.383 e. The molecule has 0 atom stereocenters. The highest BCUT2D eigenvalue weighted by atomic mass is 79.9. The molecule has 0 radical (unpaired) electrons. The van der Waals surface area contributed by atoms with Gasteiger partial charge in [0.1, 0.15) is 10.3 Å². The van der Waals surface area contributed by atoms with Gasteiger partial charge in [0.2, 0.25) is 0 Å². The summed E-state index contributed by atoms with van der Waals surface area (Å²) in [4.78, 5) is 19.2. The van der Waals surface area contributed by atoms with Crippen molar-refractivity contribution < 1.29 is 0 Å². The SMILES string of the molecule is C=CCn1ncc(NCCCc2ncc[nH]2)c(Br)c1=O. The highest BCUT2D eigenvalue weighted by Gasteiger charge is 2.07. The first-order valence-corrected chi connectivity index (χ1v) is 7.10. The number of nitrogens with one attached hydrogen (secondary N) is 2. The minimum absolute atomic E-state index is 0.166. The van der Waals surface area contributed by atoms with Crippen molar-refractivity contribution in [3.63, 3.8) is 0 Å². The van der Waals surface area contributed by atoms with Crippen LogP contribution in [0.15, 0.2) is 40.5 Å². The first-order valence-electron chi connectivity index (χ1n) is 6.31. The Balaban J connectivity index is 1.91. The summed E-state index contributed by atoms with van der Waals surface area (Å²) in [5.74, 6) is 0.963. The standard InChI is InChI=1S/C13H16BrN5O/c1-2-8-19-13(20)12(14)10(9-18-19)15-5-3-4-11-16-6-7-17-11/h2,6-7,9,15H,1,3-5,8H2,(H,16,17). The van der Waals surface area contributed by atoms with Gasteiger partial charge in [-0.2, -0.15) is 5.10 Å². The lowest BCUT2D eigenvalue weighted by Gasteiger charge is -2.09. The number of rotatable bonds is 7. The fraction of sp³-hybridized carbons (Fsp3) is 0.308. The molecule has 2 rings (SSSR count). The Morgan fingerprint density at radius 1 is 1.55 bits per heavy atom. The number of nitrogens with zero attached hydrogens (tertiary/aromatic N) is 3. The van der Waals surface area contributed by atoms with Crippen LogP contribution >= 0.6 is 15.9 Å². The maximum atomic E-state index is 11.9. The van der Waals surface area contributed by atoms with Crippen LogP contribution in [0.25, 0.3) is 0 Å². The van der Waals surface area contributed by atoms with Crippen molar-refractivity contribution in [3.8, 4) is 0 Å². The lowest BCUT2D eigenvalue weighted by atomic mass is 10.3. The Morgan fingerprint density at radius 3 is 3.10 bits per heavy atom. The molecule has 0 bridgehead atoms. The molecule has 7 heteroatoms. The third kappa shape index (κ3) is 3.57. The minimum atomic E-state index is -0.166. The molecule has 6 nitrogen and oxygen atoms in total. The van der Waals surface area contributed by atoms with Gasteiger partial charge < -0.3 is 10.3 Å². The molecular formula is C13H16BrN5O. The number of H-pyrrole nitrogens is 1. The van der Waals surface area contributed by atoms with Gasteiger partial charge in [-0.15, -0.1) is 6.58 Å². The Morgan fingerprint density at radius 2 is 2.40 bits per heavy atom. The van der Waals surface area contributed by atoms with E-state index in [1.165, 1.54) is 4.68 Å². The van der Waals surface area contributed by atoms with Crippen LogP contribution in [0.5, 0.6) is 0 Å². The lowest BCUT2D eigenvalue weighted by Crippen LogP contribution is -2.24. The van der Waals surface area contributed by atoms with Gasteiger partial charge in [0.25, 0.3) is 5.56 Å². The van der Waals surface area contributed by atoms with Gasteiger partial charge in [-0.25, -0.2) is 9.67 Å². The Bertz CT molecular complexity index is 620. The Kier molecular flexibility index (Phi) is 5.11. The maximum Gasteiger partial charge on any atom is 0.283 e. The van der Waals surface area contributed by atoms with E-state index in [0.717, 1.165) is 25.2 Å². The molecule has 106 valence electrons. The molecule has 0 amide bonds. The van der Waals surface area contributed by atoms with Gasteiger partial charge >= 0.3 is 0 Å². The van der Waals surface area contributed by atoms with Crippen molar-refractivity contribution >= 4 is 21.6 Å². The molecule has 2 aromatic heterocycles. The van der Waals surface area contributed by atoms with E-state index in [1.54, 1.807) is 18.5 Å². The molecule has 2 aromatic rings. The van der Waals surface area contributed by atoms with E-state index in [0.29, 0.717) is 16.7 Å². The van der Waals surface area contributed by atoms with Gasteiger partial charge in [0, 0.05) is 25.4 Å². The van der Waals surface area contributed by atoms with E-state index >= 15 is 0 Å². The quantitative estimate of drug-likeness (QED) is 0.598. The average Bonchev–Trinajstić information content (AvgIpc) is 2.95. The van der Waals surface area contributed by atoms with Crippen molar-refractivity contribution in [3.05, 3.63) is 51.9 Å². The summed E-state index contributed by atoms with van der Waals surface area (Å²) in [6.07, 6.45) is 8.60. The molecule has 0 fully saturated rings. The van der Waals surface area contributed by atoms with E-state index < -0.39 is 0 Å². The smallest absolute Gasteiger partial charge is 0.283 e. The van der Waals surface area contributed by atoms with Crippen LogP contribution in [0.4, 0.5) is 5.69 Å². The molecule has 0 unspecified atom stereocenters. The molecular weight excluding hydrogens is 322 g/mol. The van der Waals surface area contributed by atoms with Gasteiger partial charge in [0.05, 0.1) is 18.4 Å². The highest BCUT2D eigenvalue weighted by Crippen LogP contribution is 2.16. The average molecular weight is 338 g/mol. The van der Waals surface area contributed by atoms with Crippen LogP contribution in [0.3, 0.4) is 0 Å². The first-order chi connectivity index (χ1) is 9.72. The summed E-state index contributed by atoms with van der Waals surface area (Å²) >= 11 is 3.30. The van der Waals surface area contributed by atoms with Gasteiger partial charge in [-0.05, 0) is 22.4 Å². The number of aryl methyl sites for hydroxylation is 1. The second kappa shape index (κ2) is 7.04. The van der Waals surface area contributed by atoms with E-state index in [4.69, 9.17) is 0 Å². The van der Waals surface area contributed by atoms with E-state index in [1.807, 2.05) is 6.20 Å². The number of allylic oxidation sites excluding steroid dienone is 1. The van der Waals surface area contributed by atoms with Crippen LogP contribution in [0.1, 0.15) is 12.2 Å². The van der Waals surface area contributed by atoms with E-state index in [9.17, 15) is 4.79 Å². The summed E-state index contributed by atoms with van der Waals surface area (Å²) in [5.41, 5.74) is 0.538. The maximum absolute atomic E-state index is 11.9. The van der Waals surface area contributed by atoms with Crippen LogP contribution in [0, 0.1) is 0 Å². The number of hydrogen-bond acceptors (Lipinski definition) is 4. The third-order valence-corrected chi connectivity index (χ3v) is 3.51. The lowest BCUT2D eigenvalue weighted by molar-refractivity contribution is 0.648. The first kappa shape index (κ1) is 14.5. The molecule has 0 aliphatic carbocycles. The number of anilines is 1. The summed E-state index contributed by atoms with van der Waals surface area (Å²) in [7, 11) is 0. The highest BCUT2D eigenvalue weighted by molar-refractivity contribution is 9.10. The van der Waals surface area contributed by atoms with Gasteiger partial charge in [-0.1, -0.05) is 6.08 Å². The molecule has 20 heavy (non-hydrogen) atoms. The number of aromatic amines is 1. The summed E-state index contributed by atoms with van der Waals surface area (Å²) in [6.45, 7) is 4.74. The number of aromatic nitrogens is 4. The van der Waals surface area contributed by atoms with Crippen molar-refractivity contribution in [1.29, 1.82) is 0 Å². The number of hydrogen-bond donors (Lipinski definition) is 2. The van der Waals surface area contributed by atoms with Gasteiger partial charge in [-0.3, -0.25) is 4.79 Å². The summed E-state index contributed by atoms with van der Waals surface area (Å²) in [5, 5.41) is 7.27. The molecule has 0 aromatic carbocycles. The number of imidazole rings is 1. The van der Waals surface area contributed by atoms with E-state index in [2.05, 4.69) is 42.9 Å². The molecule has 0 saturated carbocycles. The predicted octanol–water partition coefficient (Wildman–Crippen LogP) is 1.96. The molecule has 0 aliphatic rings. The predicted molar refractivity (Wildman–Crippen MR) is 81.8 cm³/mol. The Labute approximate surface area is 125 Å². The molecule has 0 saturated heterocycles. The fourth-order valence-electron chi connectivity index (χ4n) is 1.75. The van der Waals surface area contributed by atoms with Crippen LogP contribution < -0.4 is 10.9 Å². The van der Waals surface area contributed by atoms with Gasteiger partial charge in [0.15, 0.2) is 0 Å². The molecule has 0 aliphatic heterocycles. The second-order valence-electron chi connectivity index (χ2n) is 4.21. The second-order valence-corrected chi connectivity index (χ2v) is 5.01. The summed E-state index contributed by atoms with van der Waals surface area (Å²) in [6, 6.07) is 0. The van der Waals surface area contributed by atoms with Crippen LogP contribution in [-0.4, -0.2) is 26.3 Å². The van der Waals surface area contributed by atoms with Crippen LogP contribution in [-0.2, 0) is 13.0 Å². The van der Waals surface area contributed by atoms with Crippen molar-refractivity contribution in [1.82, 2.24) is 19.7 Å². The monoisotopic (exact) mass is 337 g/mol.